The van der Waals surface area contributed by atoms with Gasteiger partial charge >= 0.3 is 0 Å². The normalized spacial score (nSPS) is 11.0. The molecule has 27 heavy (non-hydrogen) atoms. The van der Waals surface area contributed by atoms with Crippen LogP contribution in [-0.2, 0) is 11.3 Å². The van der Waals surface area contributed by atoms with Crippen LogP contribution in [0.4, 0.5) is 20.3 Å². The van der Waals surface area contributed by atoms with Crippen LogP contribution in [0.2, 0.25) is 0 Å². The van der Waals surface area contributed by atoms with Crippen molar-refractivity contribution in [2.75, 3.05) is 18.5 Å². The summed E-state index contributed by atoms with van der Waals surface area (Å²) in [7, 11) is 0. The third kappa shape index (κ3) is 4.04. The number of amides is 1. The topological polar surface area (TPSA) is 99.3 Å². The number of hydrogen-bond donors (Lipinski definition) is 4. The first-order valence-electron chi connectivity index (χ1n) is 8.29. The van der Waals surface area contributed by atoms with E-state index in [-0.39, 0.29) is 41.3 Å². The second-order valence-corrected chi connectivity index (χ2v) is 5.72. The van der Waals surface area contributed by atoms with Crippen molar-refractivity contribution in [1.82, 2.24) is 15.4 Å². The Morgan fingerprint density at radius 3 is 2.85 bits per heavy atom. The van der Waals surface area contributed by atoms with Gasteiger partial charge in [-0.2, -0.15) is 0 Å². The number of aromatic nitrogens is 2. The number of fused-ring (bicyclic) bond motifs is 1. The van der Waals surface area contributed by atoms with Crippen molar-refractivity contribution in [3.8, 4) is 0 Å². The van der Waals surface area contributed by atoms with E-state index in [1.54, 1.807) is 12.1 Å². The van der Waals surface area contributed by atoms with Crippen LogP contribution in [0.1, 0.15) is 22.8 Å². The number of carbonyl (C=O) groups excluding carboxylic acids is 1. The lowest BCUT2D eigenvalue weighted by Gasteiger charge is -2.10. The maximum absolute atomic E-state index is 14.3. The number of hydrogen-bond acceptors (Lipinski definition) is 5. The number of carbonyl (C=O) groups is 1. The fourth-order valence-corrected chi connectivity index (χ4v) is 2.60. The molecule has 0 aliphatic heterocycles. The van der Waals surface area contributed by atoms with Crippen LogP contribution in [0.5, 0.6) is 0 Å². The number of aryl methyl sites for hydroxylation is 1. The fourth-order valence-electron chi connectivity index (χ4n) is 2.60. The SMILES string of the molecule is CCc1ccc(Nc2[nH]c3ncc(F)cc3c2C(=O)NOCCO)c(F)c1. The van der Waals surface area contributed by atoms with Gasteiger partial charge in [-0.25, -0.2) is 19.2 Å². The molecule has 0 aliphatic carbocycles. The van der Waals surface area contributed by atoms with E-state index in [1.807, 2.05) is 6.92 Å². The molecule has 1 aromatic carbocycles. The number of aliphatic hydroxyl groups is 1. The zero-order valence-electron chi connectivity index (χ0n) is 14.5. The number of aromatic amines is 1. The predicted octanol–water partition coefficient (Wildman–Crippen LogP) is 2.80. The van der Waals surface area contributed by atoms with Gasteiger partial charge < -0.3 is 15.4 Å². The smallest absolute Gasteiger partial charge is 0.279 e. The number of pyridine rings is 1. The lowest BCUT2D eigenvalue weighted by molar-refractivity contribution is 0.0170. The zero-order valence-corrected chi connectivity index (χ0v) is 14.5. The molecule has 4 N–H and O–H groups in total. The van der Waals surface area contributed by atoms with E-state index < -0.39 is 17.5 Å². The van der Waals surface area contributed by atoms with Gasteiger partial charge in [-0.15, -0.1) is 0 Å². The van der Waals surface area contributed by atoms with E-state index in [1.165, 1.54) is 6.07 Å². The van der Waals surface area contributed by atoms with E-state index in [2.05, 4.69) is 20.8 Å². The molecule has 2 aromatic heterocycles. The summed E-state index contributed by atoms with van der Waals surface area (Å²) >= 11 is 0. The number of nitrogens with one attached hydrogen (secondary N) is 3. The number of rotatable bonds is 7. The summed E-state index contributed by atoms with van der Waals surface area (Å²) in [5, 5.41) is 11.8. The average Bonchev–Trinajstić information content (AvgIpc) is 3.00. The first-order valence-corrected chi connectivity index (χ1v) is 8.29. The highest BCUT2D eigenvalue weighted by Gasteiger charge is 2.21. The van der Waals surface area contributed by atoms with E-state index >= 15 is 0 Å². The van der Waals surface area contributed by atoms with Gasteiger partial charge in [0.15, 0.2) is 0 Å². The predicted molar refractivity (Wildman–Crippen MR) is 95.6 cm³/mol. The van der Waals surface area contributed by atoms with E-state index in [0.717, 1.165) is 17.8 Å². The van der Waals surface area contributed by atoms with Crippen molar-refractivity contribution in [2.24, 2.45) is 0 Å². The first-order chi connectivity index (χ1) is 13.0. The number of aliphatic hydroxyl groups excluding tert-OH is 1. The summed E-state index contributed by atoms with van der Waals surface area (Å²) in [5.74, 6) is -1.68. The molecule has 0 unspecified atom stereocenters. The summed E-state index contributed by atoms with van der Waals surface area (Å²) in [5.41, 5.74) is 3.38. The minimum Gasteiger partial charge on any atom is -0.394 e. The Balaban J connectivity index is 2.01. The van der Waals surface area contributed by atoms with Crippen molar-refractivity contribution in [2.45, 2.75) is 13.3 Å². The van der Waals surface area contributed by atoms with Crippen molar-refractivity contribution < 1.29 is 23.5 Å². The highest BCUT2D eigenvalue weighted by atomic mass is 19.1. The van der Waals surface area contributed by atoms with Gasteiger partial charge in [0.25, 0.3) is 5.91 Å². The van der Waals surface area contributed by atoms with Crippen LogP contribution in [0.3, 0.4) is 0 Å². The minimum absolute atomic E-state index is 0.00825. The molecule has 0 saturated heterocycles. The van der Waals surface area contributed by atoms with Crippen molar-refractivity contribution in [1.29, 1.82) is 0 Å². The van der Waals surface area contributed by atoms with E-state index in [4.69, 9.17) is 9.94 Å². The largest absolute Gasteiger partial charge is 0.394 e. The molecule has 3 aromatic rings. The third-order valence-electron chi connectivity index (χ3n) is 3.90. The summed E-state index contributed by atoms with van der Waals surface area (Å²) in [6, 6.07) is 5.85. The molecule has 0 fully saturated rings. The molecule has 3 rings (SSSR count). The third-order valence-corrected chi connectivity index (χ3v) is 3.90. The lowest BCUT2D eigenvalue weighted by Crippen LogP contribution is -2.25. The molecule has 0 spiro atoms. The van der Waals surface area contributed by atoms with Crippen molar-refractivity contribution in [3.63, 3.8) is 0 Å². The Labute approximate surface area is 153 Å². The van der Waals surface area contributed by atoms with Crippen molar-refractivity contribution in [3.05, 3.63) is 53.2 Å². The quantitative estimate of drug-likeness (QED) is 0.375. The van der Waals surface area contributed by atoms with Crippen LogP contribution >= 0.6 is 0 Å². The minimum atomic E-state index is -0.699. The van der Waals surface area contributed by atoms with Gasteiger partial charge in [-0.1, -0.05) is 13.0 Å². The summed E-state index contributed by atoms with van der Waals surface area (Å²) in [6.45, 7) is 1.51. The molecular weight excluding hydrogens is 358 g/mol. The van der Waals surface area contributed by atoms with Crippen LogP contribution in [0.15, 0.2) is 30.5 Å². The Kier molecular flexibility index (Phi) is 5.63. The Morgan fingerprint density at radius 1 is 1.33 bits per heavy atom. The maximum atomic E-state index is 14.3. The molecule has 0 atom stereocenters. The van der Waals surface area contributed by atoms with Gasteiger partial charge in [0, 0.05) is 5.39 Å². The van der Waals surface area contributed by atoms with Crippen LogP contribution in [-0.4, -0.2) is 34.2 Å². The molecule has 7 nitrogen and oxygen atoms in total. The number of halogens is 2. The van der Waals surface area contributed by atoms with Crippen LogP contribution in [0.25, 0.3) is 11.0 Å². The Bertz CT molecular complexity index is 975. The van der Waals surface area contributed by atoms with Crippen LogP contribution in [0, 0.1) is 11.6 Å². The summed E-state index contributed by atoms with van der Waals surface area (Å²) in [4.78, 5) is 24.1. The standard InChI is InChI=1S/C18H18F2N4O3/c1-2-10-3-4-14(13(20)7-10)22-17-15(18(26)24-27-6-5-25)12-8-11(19)9-21-16(12)23-17/h3-4,7-9,22,25H,2,5-6H2,1H3,(H,21,23)(H,24,26). The van der Waals surface area contributed by atoms with Gasteiger partial charge in [0.1, 0.15) is 23.1 Å². The maximum Gasteiger partial charge on any atom is 0.279 e. The molecule has 0 aliphatic rings. The Morgan fingerprint density at radius 2 is 2.15 bits per heavy atom. The van der Waals surface area contributed by atoms with E-state index in [9.17, 15) is 13.6 Å². The molecule has 0 bridgehead atoms. The fraction of sp³-hybridized carbons (Fsp3) is 0.222. The van der Waals surface area contributed by atoms with Gasteiger partial charge in [-0.3, -0.25) is 9.63 Å². The van der Waals surface area contributed by atoms with Gasteiger partial charge in [-0.05, 0) is 30.2 Å². The average molecular weight is 376 g/mol. The lowest BCUT2D eigenvalue weighted by atomic mass is 10.1. The van der Waals surface area contributed by atoms with Crippen molar-refractivity contribution >= 4 is 28.4 Å². The first kappa shape index (κ1) is 18.7. The molecule has 0 saturated carbocycles. The number of H-pyrrole nitrogens is 1. The molecule has 0 radical (unpaired) electrons. The second-order valence-electron chi connectivity index (χ2n) is 5.72. The van der Waals surface area contributed by atoms with E-state index in [0.29, 0.717) is 6.42 Å². The van der Waals surface area contributed by atoms with Gasteiger partial charge in [0.2, 0.25) is 0 Å². The second kappa shape index (κ2) is 8.11. The number of nitrogens with zero attached hydrogens (tertiary/aromatic N) is 1. The van der Waals surface area contributed by atoms with Gasteiger partial charge in [0.05, 0.1) is 30.7 Å². The highest BCUT2D eigenvalue weighted by molar-refractivity contribution is 6.11. The molecule has 2 heterocycles. The highest BCUT2D eigenvalue weighted by Crippen LogP contribution is 2.29. The Hall–Kier alpha value is -3.04. The molecule has 1 amide bonds. The molecular formula is C18H18F2N4O3. The monoisotopic (exact) mass is 376 g/mol. The zero-order chi connectivity index (χ0) is 19.4. The molecule has 9 heteroatoms. The summed E-state index contributed by atoms with van der Waals surface area (Å²) in [6.07, 6.45) is 1.69. The summed E-state index contributed by atoms with van der Waals surface area (Å²) < 4.78 is 27.9. The number of benzene rings is 1. The molecule has 142 valence electrons. The van der Waals surface area contributed by atoms with Crippen LogP contribution < -0.4 is 10.8 Å². The number of anilines is 2. The number of hydroxylamine groups is 1.